The van der Waals surface area contributed by atoms with Gasteiger partial charge in [0.2, 0.25) is 0 Å². The molecule has 0 spiro atoms. The second kappa shape index (κ2) is 7.24. The van der Waals surface area contributed by atoms with Gasteiger partial charge >= 0.3 is 0 Å². The highest BCUT2D eigenvalue weighted by Crippen LogP contribution is 2.23. The van der Waals surface area contributed by atoms with E-state index in [2.05, 4.69) is 43.9 Å². The first kappa shape index (κ1) is 15.5. The Hall–Kier alpha value is -0.860. The van der Waals surface area contributed by atoms with Crippen LogP contribution in [0.15, 0.2) is 18.2 Å². The maximum absolute atomic E-state index is 6.33. The van der Waals surface area contributed by atoms with Crippen molar-refractivity contribution in [1.82, 2.24) is 4.90 Å². The van der Waals surface area contributed by atoms with Crippen LogP contribution in [0.25, 0.3) is 0 Å². The number of nitrogens with two attached hydrogens (primary N) is 1. The predicted octanol–water partition coefficient (Wildman–Crippen LogP) is 3.64. The summed E-state index contributed by atoms with van der Waals surface area (Å²) < 4.78 is 0. The minimum absolute atomic E-state index is 0.391. The molecule has 1 saturated heterocycles. The van der Waals surface area contributed by atoms with Crippen LogP contribution in [-0.2, 0) is 6.54 Å². The zero-order chi connectivity index (χ0) is 14.5. The molecule has 0 saturated carbocycles. The molecule has 2 heteroatoms. The summed E-state index contributed by atoms with van der Waals surface area (Å²) in [6, 6.07) is 7.25. The normalized spacial score (nSPS) is 21.9. The molecular weight excluding hydrogens is 244 g/mol. The topological polar surface area (TPSA) is 29.3 Å². The summed E-state index contributed by atoms with van der Waals surface area (Å²) in [5.74, 6) is 0.690. The molecule has 0 bridgehead atoms. The van der Waals surface area contributed by atoms with E-state index in [0.29, 0.717) is 12.0 Å². The van der Waals surface area contributed by atoms with Crippen molar-refractivity contribution in [2.75, 3.05) is 13.1 Å². The zero-order valence-electron chi connectivity index (χ0n) is 13.4. The number of hydrogen-bond donors (Lipinski definition) is 1. The van der Waals surface area contributed by atoms with Crippen molar-refractivity contribution in [2.24, 2.45) is 11.7 Å². The number of likely N-dealkylation sites (tertiary alicyclic amines) is 1. The Morgan fingerprint density at radius 1 is 1.30 bits per heavy atom. The average Bonchev–Trinajstić information content (AvgIpc) is 2.43. The van der Waals surface area contributed by atoms with Gasteiger partial charge in [0, 0.05) is 19.1 Å². The van der Waals surface area contributed by atoms with Gasteiger partial charge in [-0.05, 0) is 62.3 Å². The molecule has 2 unspecified atom stereocenters. The van der Waals surface area contributed by atoms with Gasteiger partial charge < -0.3 is 5.73 Å². The van der Waals surface area contributed by atoms with Gasteiger partial charge in [-0.2, -0.15) is 0 Å². The third-order valence-corrected chi connectivity index (χ3v) is 4.75. The minimum atomic E-state index is 0.391. The molecule has 0 amide bonds. The summed E-state index contributed by atoms with van der Waals surface area (Å²) in [6.07, 6.45) is 4.98. The summed E-state index contributed by atoms with van der Waals surface area (Å²) >= 11 is 0. The molecule has 1 aliphatic heterocycles. The van der Waals surface area contributed by atoms with E-state index in [-0.39, 0.29) is 0 Å². The van der Waals surface area contributed by atoms with Gasteiger partial charge in [0.1, 0.15) is 0 Å². The Balaban J connectivity index is 1.93. The lowest BCUT2D eigenvalue weighted by Crippen LogP contribution is -2.43. The summed E-state index contributed by atoms with van der Waals surface area (Å²) in [7, 11) is 0. The van der Waals surface area contributed by atoms with Gasteiger partial charge in [0.05, 0.1) is 0 Å². The number of nitrogens with zero attached hydrogens (tertiary/aromatic N) is 1. The van der Waals surface area contributed by atoms with E-state index in [0.717, 1.165) is 6.54 Å². The first-order valence-corrected chi connectivity index (χ1v) is 8.14. The lowest BCUT2D eigenvalue weighted by molar-refractivity contribution is 0.148. The van der Waals surface area contributed by atoms with Crippen molar-refractivity contribution < 1.29 is 0 Å². The Morgan fingerprint density at radius 2 is 2.10 bits per heavy atom. The quantitative estimate of drug-likeness (QED) is 0.888. The number of aryl methyl sites for hydroxylation is 2. The maximum atomic E-state index is 6.33. The van der Waals surface area contributed by atoms with Crippen molar-refractivity contribution in [2.45, 2.75) is 59.0 Å². The Kier molecular flexibility index (Phi) is 5.62. The van der Waals surface area contributed by atoms with Crippen LogP contribution >= 0.6 is 0 Å². The molecule has 112 valence electrons. The molecule has 0 aliphatic carbocycles. The van der Waals surface area contributed by atoms with E-state index in [9.17, 15) is 0 Å². The lowest BCUT2D eigenvalue weighted by Gasteiger charge is -2.35. The summed E-state index contributed by atoms with van der Waals surface area (Å²) in [6.45, 7) is 10.1. The van der Waals surface area contributed by atoms with E-state index < -0.39 is 0 Å². The summed E-state index contributed by atoms with van der Waals surface area (Å²) in [5.41, 5.74) is 10.6. The Labute approximate surface area is 124 Å². The van der Waals surface area contributed by atoms with E-state index >= 15 is 0 Å². The highest BCUT2D eigenvalue weighted by molar-refractivity contribution is 5.29. The molecule has 0 aromatic heterocycles. The van der Waals surface area contributed by atoms with Crippen molar-refractivity contribution in [1.29, 1.82) is 0 Å². The second-order valence-electron chi connectivity index (χ2n) is 6.51. The van der Waals surface area contributed by atoms with Crippen molar-refractivity contribution in [3.05, 3.63) is 34.9 Å². The molecule has 1 aromatic rings. The fourth-order valence-corrected chi connectivity index (χ4v) is 3.31. The van der Waals surface area contributed by atoms with Gasteiger partial charge in [0.15, 0.2) is 0 Å². The first-order chi connectivity index (χ1) is 9.60. The maximum Gasteiger partial charge on any atom is 0.0233 e. The van der Waals surface area contributed by atoms with Crippen molar-refractivity contribution in [3.63, 3.8) is 0 Å². The van der Waals surface area contributed by atoms with Gasteiger partial charge in [-0.3, -0.25) is 4.90 Å². The van der Waals surface area contributed by atoms with Crippen LogP contribution in [0.5, 0.6) is 0 Å². The third-order valence-electron chi connectivity index (χ3n) is 4.75. The van der Waals surface area contributed by atoms with Crippen LogP contribution in [-0.4, -0.2) is 24.0 Å². The average molecular weight is 274 g/mol. The monoisotopic (exact) mass is 274 g/mol. The van der Waals surface area contributed by atoms with Gasteiger partial charge in [-0.15, -0.1) is 0 Å². The van der Waals surface area contributed by atoms with Crippen LogP contribution in [0, 0.1) is 19.8 Å². The minimum Gasteiger partial charge on any atom is -0.327 e. The van der Waals surface area contributed by atoms with E-state index in [1.54, 1.807) is 0 Å². The highest BCUT2D eigenvalue weighted by atomic mass is 15.1. The number of piperidine rings is 1. The molecule has 2 nitrogen and oxygen atoms in total. The second-order valence-corrected chi connectivity index (χ2v) is 6.51. The van der Waals surface area contributed by atoms with Crippen LogP contribution in [0.3, 0.4) is 0 Å². The number of hydrogen-bond acceptors (Lipinski definition) is 2. The van der Waals surface area contributed by atoms with Gasteiger partial charge in [0.25, 0.3) is 0 Å². The third kappa shape index (κ3) is 4.07. The lowest BCUT2D eigenvalue weighted by atomic mass is 9.88. The van der Waals surface area contributed by atoms with Crippen LogP contribution in [0.2, 0.25) is 0 Å². The zero-order valence-corrected chi connectivity index (χ0v) is 13.4. The number of rotatable bonds is 5. The molecule has 1 fully saturated rings. The largest absolute Gasteiger partial charge is 0.327 e. The molecule has 2 atom stereocenters. The van der Waals surface area contributed by atoms with Crippen molar-refractivity contribution >= 4 is 0 Å². The fourth-order valence-electron chi connectivity index (χ4n) is 3.31. The fraction of sp³-hybridized carbons (Fsp3) is 0.667. The van der Waals surface area contributed by atoms with Crippen LogP contribution in [0.1, 0.15) is 49.3 Å². The molecule has 1 aromatic carbocycles. The number of benzene rings is 1. The molecular formula is C18H30N2. The molecule has 0 radical (unpaired) electrons. The van der Waals surface area contributed by atoms with E-state index in [4.69, 9.17) is 5.73 Å². The first-order valence-electron chi connectivity index (χ1n) is 8.14. The highest BCUT2D eigenvalue weighted by Gasteiger charge is 2.24. The molecule has 1 heterocycles. The molecule has 20 heavy (non-hydrogen) atoms. The van der Waals surface area contributed by atoms with E-state index in [1.165, 1.54) is 55.5 Å². The van der Waals surface area contributed by atoms with Gasteiger partial charge in [-0.1, -0.05) is 31.5 Å². The van der Waals surface area contributed by atoms with Crippen LogP contribution < -0.4 is 5.73 Å². The predicted molar refractivity (Wildman–Crippen MR) is 86.8 cm³/mol. The molecule has 1 aliphatic rings. The standard InChI is InChI=1S/C18H30N2/c1-4-6-18(19)17-7-5-10-20(13-17)12-16-9-8-14(2)15(3)11-16/h8-9,11,17-18H,4-7,10,12-13,19H2,1-3H3. The van der Waals surface area contributed by atoms with Gasteiger partial charge in [-0.25, -0.2) is 0 Å². The van der Waals surface area contributed by atoms with Crippen LogP contribution in [0.4, 0.5) is 0 Å². The summed E-state index contributed by atoms with van der Waals surface area (Å²) in [4.78, 5) is 2.59. The summed E-state index contributed by atoms with van der Waals surface area (Å²) in [5, 5.41) is 0. The molecule has 2 N–H and O–H groups in total. The smallest absolute Gasteiger partial charge is 0.0233 e. The van der Waals surface area contributed by atoms with E-state index in [1.807, 2.05) is 0 Å². The molecule has 2 rings (SSSR count). The van der Waals surface area contributed by atoms with Crippen molar-refractivity contribution in [3.8, 4) is 0 Å². The Morgan fingerprint density at radius 3 is 2.80 bits per heavy atom. The SMILES string of the molecule is CCCC(N)C1CCCN(Cc2ccc(C)c(C)c2)C1. The Bertz CT molecular complexity index is 427.